The zero-order valence-electron chi connectivity index (χ0n) is 8.78. The molecule has 16 heavy (non-hydrogen) atoms. The van der Waals surface area contributed by atoms with Gasteiger partial charge in [0, 0.05) is 31.4 Å². The van der Waals surface area contributed by atoms with Crippen molar-refractivity contribution in [3.63, 3.8) is 0 Å². The first kappa shape index (κ1) is 11.1. The first-order valence-corrected chi connectivity index (χ1v) is 5.23. The molecule has 0 saturated heterocycles. The van der Waals surface area contributed by atoms with Gasteiger partial charge in [-0.2, -0.15) is 4.98 Å². The first-order valence-electron chi connectivity index (χ1n) is 5.23. The molecular formula is C10H15N3O3. The van der Waals surface area contributed by atoms with Crippen LogP contribution < -0.4 is 11.4 Å². The highest BCUT2D eigenvalue weighted by atomic mass is 16.3. The van der Waals surface area contributed by atoms with Gasteiger partial charge in [-0.1, -0.05) is 0 Å². The lowest BCUT2D eigenvalue weighted by atomic mass is 9.70. The van der Waals surface area contributed by atoms with Crippen LogP contribution in [0.3, 0.4) is 0 Å². The van der Waals surface area contributed by atoms with E-state index in [0.29, 0.717) is 6.42 Å². The number of aliphatic hydroxyl groups is 2. The van der Waals surface area contributed by atoms with Gasteiger partial charge in [0.05, 0.1) is 0 Å². The van der Waals surface area contributed by atoms with E-state index in [-0.39, 0.29) is 36.9 Å². The molecule has 3 atom stereocenters. The van der Waals surface area contributed by atoms with E-state index in [1.807, 2.05) is 0 Å². The third-order valence-electron chi connectivity index (χ3n) is 3.30. The third-order valence-corrected chi connectivity index (χ3v) is 3.30. The quantitative estimate of drug-likeness (QED) is 0.611. The van der Waals surface area contributed by atoms with Crippen LogP contribution in [0.25, 0.3) is 0 Å². The predicted molar refractivity (Wildman–Crippen MR) is 57.7 cm³/mol. The number of nitrogens with two attached hydrogens (primary N) is 1. The van der Waals surface area contributed by atoms with Gasteiger partial charge in [-0.25, -0.2) is 4.79 Å². The van der Waals surface area contributed by atoms with E-state index in [0.717, 1.165) is 0 Å². The summed E-state index contributed by atoms with van der Waals surface area (Å²) in [7, 11) is 0. The first-order chi connectivity index (χ1) is 7.67. The summed E-state index contributed by atoms with van der Waals surface area (Å²) in [6.45, 7) is 0.00554. The fraction of sp³-hybridized carbons (Fsp3) is 0.600. The van der Waals surface area contributed by atoms with Crippen LogP contribution in [0.5, 0.6) is 0 Å². The van der Waals surface area contributed by atoms with Crippen molar-refractivity contribution in [1.29, 1.82) is 0 Å². The molecule has 6 heteroatoms. The number of anilines is 1. The van der Waals surface area contributed by atoms with Gasteiger partial charge in [-0.05, 0) is 18.4 Å². The minimum absolute atomic E-state index is 0.0350. The van der Waals surface area contributed by atoms with Crippen LogP contribution in [0, 0.1) is 11.8 Å². The molecule has 2 rings (SSSR count). The molecule has 0 bridgehead atoms. The lowest BCUT2D eigenvalue weighted by Crippen LogP contribution is -2.46. The van der Waals surface area contributed by atoms with Gasteiger partial charge < -0.3 is 15.9 Å². The van der Waals surface area contributed by atoms with Crippen LogP contribution in [-0.4, -0.2) is 33.0 Å². The molecule has 0 aliphatic heterocycles. The Morgan fingerprint density at radius 2 is 2.25 bits per heavy atom. The van der Waals surface area contributed by atoms with Crippen molar-refractivity contribution in [1.82, 2.24) is 9.55 Å². The second-order valence-electron chi connectivity index (χ2n) is 4.13. The Morgan fingerprint density at radius 1 is 1.50 bits per heavy atom. The van der Waals surface area contributed by atoms with Gasteiger partial charge in [0.1, 0.15) is 5.82 Å². The molecular weight excluding hydrogens is 210 g/mol. The number of aliphatic hydroxyl groups excluding tert-OH is 2. The predicted octanol–water partition coefficient (Wildman–Crippen LogP) is -1.01. The van der Waals surface area contributed by atoms with Crippen molar-refractivity contribution in [2.24, 2.45) is 11.8 Å². The SMILES string of the molecule is Nc1ccn([C@@H]2C[C@H](CO)[C@H]2CO)c(=O)n1. The second kappa shape index (κ2) is 4.23. The molecule has 1 aliphatic carbocycles. The molecule has 0 unspecified atom stereocenters. The second-order valence-corrected chi connectivity index (χ2v) is 4.13. The molecule has 1 aliphatic rings. The van der Waals surface area contributed by atoms with Crippen LogP contribution >= 0.6 is 0 Å². The van der Waals surface area contributed by atoms with Crippen LogP contribution in [0.4, 0.5) is 5.82 Å². The standard InChI is InChI=1S/C10H15N3O3/c11-9-1-2-13(10(16)12-9)8-3-6(4-14)7(8)5-15/h1-2,6-8,14-15H,3-5H2,(H2,11,12,16)/t6-,7-,8-/m1/s1. The highest BCUT2D eigenvalue weighted by molar-refractivity contribution is 5.23. The van der Waals surface area contributed by atoms with E-state index in [1.165, 1.54) is 4.57 Å². The zero-order valence-corrected chi connectivity index (χ0v) is 8.78. The molecule has 1 saturated carbocycles. The third kappa shape index (κ3) is 1.70. The van der Waals surface area contributed by atoms with Crippen molar-refractivity contribution in [3.8, 4) is 0 Å². The summed E-state index contributed by atoms with van der Waals surface area (Å²) in [5.74, 6) is 0.187. The van der Waals surface area contributed by atoms with Crippen molar-refractivity contribution in [3.05, 3.63) is 22.7 Å². The fourth-order valence-corrected chi connectivity index (χ4v) is 2.26. The van der Waals surface area contributed by atoms with Crippen LogP contribution in [0.15, 0.2) is 17.1 Å². The molecule has 0 amide bonds. The van der Waals surface area contributed by atoms with E-state index < -0.39 is 5.69 Å². The maximum Gasteiger partial charge on any atom is 0.349 e. The number of nitrogens with zero attached hydrogens (tertiary/aromatic N) is 2. The number of hydrogen-bond acceptors (Lipinski definition) is 5. The highest BCUT2D eigenvalue weighted by Gasteiger charge is 2.41. The van der Waals surface area contributed by atoms with Crippen molar-refractivity contribution in [2.75, 3.05) is 18.9 Å². The maximum atomic E-state index is 11.6. The molecule has 88 valence electrons. The van der Waals surface area contributed by atoms with Crippen molar-refractivity contribution in [2.45, 2.75) is 12.5 Å². The summed E-state index contributed by atoms with van der Waals surface area (Å²) < 4.78 is 1.48. The molecule has 1 heterocycles. The van der Waals surface area contributed by atoms with E-state index in [2.05, 4.69) is 4.98 Å². The summed E-state index contributed by atoms with van der Waals surface area (Å²) in [5, 5.41) is 18.2. The van der Waals surface area contributed by atoms with Gasteiger partial charge in [0.2, 0.25) is 0 Å². The fourth-order valence-electron chi connectivity index (χ4n) is 2.26. The summed E-state index contributed by atoms with van der Waals surface area (Å²) in [6.07, 6.45) is 2.28. The Bertz CT molecular complexity index is 432. The van der Waals surface area contributed by atoms with Gasteiger partial charge >= 0.3 is 5.69 Å². The molecule has 0 aromatic carbocycles. The summed E-state index contributed by atoms with van der Waals surface area (Å²) in [4.78, 5) is 15.2. The average molecular weight is 225 g/mol. The number of nitrogen functional groups attached to an aromatic ring is 1. The Labute approximate surface area is 92.4 Å². The summed E-state index contributed by atoms with van der Waals surface area (Å²) >= 11 is 0. The molecule has 0 radical (unpaired) electrons. The van der Waals surface area contributed by atoms with Gasteiger partial charge in [-0.3, -0.25) is 4.57 Å². The minimum Gasteiger partial charge on any atom is -0.396 e. The average Bonchev–Trinajstić information content (AvgIpc) is 2.21. The molecule has 4 N–H and O–H groups in total. The number of aromatic nitrogens is 2. The van der Waals surface area contributed by atoms with Gasteiger partial charge in [-0.15, -0.1) is 0 Å². The zero-order chi connectivity index (χ0) is 11.7. The number of rotatable bonds is 3. The molecule has 1 aromatic heterocycles. The monoisotopic (exact) mass is 225 g/mol. The van der Waals surface area contributed by atoms with E-state index in [1.54, 1.807) is 12.3 Å². The maximum absolute atomic E-state index is 11.6. The minimum atomic E-state index is -0.403. The topological polar surface area (TPSA) is 101 Å². The van der Waals surface area contributed by atoms with Crippen molar-refractivity contribution >= 4 is 5.82 Å². The smallest absolute Gasteiger partial charge is 0.349 e. The summed E-state index contributed by atoms with van der Waals surface area (Å²) in [6, 6.07) is 1.48. The normalized spacial score (nSPS) is 28.8. The van der Waals surface area contributed by atoms with Crippen LogP contribution in [0.1, 0.15) is 12.5 Å². The van der Waals surface area contributed by atoms with E-state index in [4.69, 9.17) is 10.8 Å². The molecule has 0 spiro atoms. The lowest BCUT2D eigenvalue weighted by molar-refractivity contribution is -0.00865. The highest BCUT2D eigenvalue weighted by Crippen LogP contribution is 2.42. The van der Waals surface area contributed by atoms with Crippen molar-refractivity contribution < 1.29 is 10.2 Å². The van der Waals surface area contributed by atoms with Gasteiger partial charge in [0.15, 0.2) is 0 Å². The van der Waals surface area contributed by atoms with E-state index >= 15 is 0 Å². The van der Waals surface area contributed by atoms with Gasteiger partial charge in [0.25, 0.3) is 0 Å². The molecule has 1 fully saturated rings. The number of hydrogen-bond donors (Lipinski definition) is 3. The Hall–Kier alpha value is -1.40. The largest absolute Gasteiger partial charge is 0.396 e. The summed E-state index contributed by atoms with van der Waals surface area (Å²) in [5.41, 5.74) is 4.99. The van der Waals surface area contributed by atoms with Crippen LogP contribution in [-0.2, 0) is 0 Å². The Balaban J connectivity index is 2.23. The van der Waals surface area contributed by atoms with Crippen LogP contribution in [0.2, 0.25) is 0 Å². The molecule has 6 nitrogen and oxygen atoms in total. The molecule has 1 aromatic rings. The Kier molecular flexibility index (Phi) is 2.93. The Morgan fingerprint density at radius 3 is 2.81 bits per heavy atom. The van der Waals surface area contributed by atoms with E-state index in [9.17, 15) is 9.90 Å². The lowest BCUT2D eigenvalue weighted by Gasteiger charge is -2.43.